The molecule has 4 heteroatoms. The zero-order valence-corrected chi connectivity index (χ0v) is 8.90. The average Bonchev–Trinajstić information content (AvgIpc) is 2.61. The van der Waals surface area contributed by atoms with Gasteiger partial charge in [-0.3, -0.25) is 0 Å². The van der Waals surface area contributed by atoms with E-state index in [1.807, 2.05) is 18.2 Å². The van der Waals surface area contributed by atoms with Crippen molar-refractivity contribution < 1.29 is 9.90 Å². The summed E-state index contributed by atoms with van der Waals surface area (Å²) >= 11 is 6.04. The summed E-state index contributed by atoms with van der Waals surface area (Å²) in [5.41, 5.74) is 0.772. The minimum absolute atomic E-state index is 0.575. The van der Waals surface area contributed by atoms with Crippen molar-refractivity contribution in [1.82, 2.24) is 4.57 Å². The first-order chi connectivity index (χ1) is 7.11. The molecule has 0 spiro atoms. The fourth-order valence-electron chi connectivity index (χ4n) is 1.62. The Hall–Kier alpha value is -1.48. The minimum Gasteiger partial charge on any atom is -0.480 e. The van der Waals surface area contributed by atoms with Crippen molar-refractivity contribution in [2.24, 2.45) is 0 Å². The first kappa shape index (κ1) is 10.1. The fraction of sp³-hybridized carbons (Fsp3) is 0.182. The number of hydrogen-bond donors (Lipinski definition) is 1. The highest BCUT2D eigenvalue weighted by atomic mass is 35.5. The maximum atomic E-state index is 10.9. The molecule has 2 rings (SSSR count). The number of halogens is 1. The average molecular weight is 224 g/mol. The highest BCUT2D eigenvalue weighted by molar-refractivity contribution is 6.35. The molecule has 0 radical (unpaired) electrons. The number of aromatic nitrogens is 1. The molecule has 2 aromatic rings. The summed E-state index contributed by atoms with van der Waals surface area (Å²) in [6.07, 6.45) is 1.75. The second-order valence-corrected chi connectivity index (χ2v) is 3.82. The van der Waals surface area contributed by atoms with Crippen molar-refractivity contribution in [2.45, 2.75) is 13.0 Å². The van der Waals surface area contributed by atoms with Crippen LogP contribution in [0.3, 0.4) is 0 Å². The number of benzene rings is 1. The third-order valence-corrected chi connectivity index (χ3v) is 2.77. The lowest BCUT2D eigenvalue weighted by Gasteiger charge is -2.10. The SMILES string of the molecule is CC(C(=O)O)n1ccc2cccc(Cl)c21. The largest absolute Gasteiger partial charge is 0.480 e. The van der Waals surface area contributed by atoms with Gasteiger partial charge in [0.1, 0.15) is 6.04 Å². The second-order valence-electron chi connectivity index (χ2n) is 3.41. The van der Waals surface area contributed by atoms with Crippen molar-refractivity contribution in [3.05, 3.63) is 35.5 Å². The molecular formula is C11H10ClNO2. The van der Waals surface area contributed by atoms with E-state index in [1.165, 1.54) is 0 Å². The zero-order valence-electron chi connectivity index (χ0n) is 8.14. The Morgan fingerprint density at radius 3 is 2.87 bits per heavy atom. The number of nitrogens with zero attached hydrogens (tertiary/aromatic N) is 1. The Bertz CT molecular complexity index is 518. The zero-order chi connectivity index (χ0) is 11.0. The number of carbonyl (C=O) groups is 1. The predicted molar refractivity (Wildman–Crippen MR) is 59.3 cm³/mol. The van der Waals surface area contributed by atoms with Gasteiger partial charge in [0.25, 0.3) is 0 Å². The lowest BCUT2D eigenvalue weighted by molar-refractivity contribution is -0.140. The number of fused-ring (bicyclic) bond motifs is 1. The van der Waals surface area contributed by atoms with E-state index in [0.29, 0.717) is 5.02 Å². The summed E-state index contributed by atoms with van der Waals surface area (Å²) in [5, 5.41) is 10.5. The number of para-hydroxylation sites is 1. The molecule has 1 unspecified atom stereocenters. The summed E-state index contributed by atoms with van der Waals surface area (Å²) in [4.78, 5) is 10.9. The first-order valence-electron chi connectivity index (χ1n) is 4.59. The number of hydrogen-bond acceptors (Lipinski definition) is 1. The van der Waals surface area contributed by atoms with Crippen molar-refractivity contribution in [1.29, 1.82) is 0 Å². The van der Waals surface area contributed by atoms with Gasteiger partial charge >= 0.3 is 5.97 Å². The standard InChI is InChI=1S/C11H10ClNO2/c1-7(11(14)15)13-6-5-8-3-2-4-9(12)10(8)13/h2-7H,1H3,(H,14,15). The van der Waals surface area contributed by atoms with Crippen LogP contribution in [0.15, 0.2) is 30.5 Å². The van der Waals surface area contributed by atoms with Crippen molar-refractivity contribution >= 4 is 28.5 Å². The maximum Gasteiger partial charge on any atom is 0.326 e. The van der Waals surface area contributed by atoms with E-state index in [-0.39, 0.29) is 0 Å². The van der Waals surface area contributed by atoms with Gasteiger partial charge in [-0.25, -0.2) is 4.79 Å². The molecule has 0 saturated heterocycles. The van der Waals surface area contributed by atoms with Crippen LogP contribution in [-0.4, -0.2) is 15.6 Å². The monoisotopic (exact) mass is 223 g/mol. The third-order valence-electron chi connectivity index (χ3n) is 2.47. The summed E-state index contributed by atoms with van der Waals surface area (Å²) < 4.78 is 1.67. The molecule has 15 heavy (non-hydrogen) atoms. The van der Waals surface area contributed by atoms with Crippen LogP contribution in [0.2, 0.25) is 5.02 Å². The molecule has 0 aliphatic heterocycles. The lowest BCUT2D eigenvalue weighted by atomic mass is 10.2. The maximum absolute atomic E-state index is 10.9. The van der Waals surface area contributed by atoms with E-state index < -0.39 is 12.0 Å². The molecule has 0 amide bonds. The Balaban J connectivity index is 2.67. The highest BCUT2D eigenvalue weighted by Gasteiger charge is 2.16. The number of rotatable bonds is 2. The van der Waals surface area contributed by atoms with Gasteiger partial charge in [0, 0.05) is 11.6 Å². The predicted octanol–water partition coefficient (Wildman–Crippen LogP) is 2.94. The highest BCUT2D eigenvalue weighted by Crippen LogP contribution is 2.27. The molecule has 1 aromatic carbocycles. The molecule has 1 heterocycles. The van der Waals surface area contributed by atoms with Gasteiger partial charge in [-0.05, 0) is 19.1 Å². The molecule has 0 saturated carbocycles. The molecule has 1 aromatic heterocycles. The molecule has 1 atom stereocenters. The van der Waals surface area contributed by atoms with Crippen LogP contribution >= 0.6 is 11.6 Å². The van der Waals surface area contributed by atoms with Crippen LogP contribution < -0.4 is 0 Å². The van der Waals surface area contributed by atoms with Gasteiger partial charge in [0.2, 0.25) is 0 Å². The van der Waals surface area contributed by atoms with E-state index in [9.17, 15) is 4.79 Å². The molecular weight excluding hydrogens is 214 g/mol. The molecule has 0 aliphatic carbocycles. The van der Waals surface area contributed by atoms with Gasteiger partial charge < -0.3 is 9.67 Å². The first-order valence-corrected chi connectivity index (χ1v) is 4.97. The molecule has 78 valence electrons. The van der Waals surface area contributed by atoms with E-state index in [4.69, 9.17) is 16.7 Å². The lowest BCUT2D eigenvalue weighted by Crippen LogP contribution is -2.14. The topological polar surface area (TPSA) is 42.2 Å². The van der Waals surface area contributed by atoms with Crippen molar-refractivity contribution in [3.8, 4) is 0 Å². The van der Waals surface area contributed by atoms with E-state index in [0.717, 1.165) is 10.9 Å². The summed E-state index contributed by atoms with van der Waals surface area (Å²) in [7, 11) is 0. The summed E-state index contributed by atoms with van der Waals surface area (Å²) in [5.74, 6) is -0.868. The van der Waals surface area contributed by atoms with Crippen molar-refractivity contribution in [2.75, 3.05) is 0 Å². The van der Waals surface area contributed by atoms with Crippen LogP contribution in [0, 0.1) is 0 Å². The molecule has 1 N–H and O–H groups in total. The molecule has 0 aliphatic rings. The fourth-order valence-corrected chi connectivity index (χ4v) is 1.90. The van der Waals surface area contributed by atoms with Crippen LogP contribution in [0.4, 0.5) is 0 Å². The Morgan fingerprint density at radius 1 is 1.47 bits per heavy atom. The molecule has 0 bridgehead atoms. The normalized spacial score (nSPS) is 12.9. The van der Waals surface area contributed by atoms with Crippen LogP contribution in [0.25, 0.3) is 10.9 Å². The molecule has 0 fully saturated rings. The Kier molecular flexibility index (Phi) is 2.40. The van der Waals surface area contributed by atoms with Crippen LogP contribution in [0.5, 0.6) is 0 Å². The van der Waals surface area contributed by atoms with Crippen LogP contribution in [0.1, 0.15) is 13.0 Å². The molecule has 3 nitrogen and oxygen atoms in total. The Labute approximate surface area is 91.9 Å². The second kappa shape index (κ2) is 3.59. The minimum atomic E-state index is -0.868. The van der Waals surface area contributed by atoms with Gasteiger partial charge in [-0.15, -0.1) is 0 Å². The van der Waals surface area contributed by atoms with Crippen LogP contribution in [-0.2, 0) is 4.79 Å². The van der Waals surface area contributed by atoms with Gasteiger partial charge in [0.05, 0.1) is 10.5 Å². The number of aliphatic carboxylic acids is 1. The number of carboxylic acids is 1. The Morgan fingerprint density at radius 2 is 2.20 bits per heavy atom. The van der Waals surface area contributed by atoms with Crippen molar-refractivity contribution in [3.63, 3.8) is 0 Å². The summed E-state index contributed by atoms with van der Waals surface area (Å²) in [6, 6.07) is 6.77. The van der Waals surface area contributed by atoms with E-state index in [1.54, 1.807) is 23.8 Å². The summed E-state index contributed by atoms with van der Waals surface area (Å²) in [6.45, 7) is 1.63. The van der Waals surface area contributed by atoms with Gasteiger partial charge in [0.15, 0.2) is 0 Å². The van der Waals surface area contributed by atoms with E-state index >= 15 is 0 Å². The van der Waals surface area contributed by atoms with Gasteiger partial charge in [-0.2, -0.15) is 0 Å². The quantitative estimate of drug-likeness (QED) is 0.851. The number of carboxylic acid groups (broad SMARTS) is 1. The van der Waals surface area contributed by atoms with Gasteiger partial charge in [-0.1, -0.05) is 23.7 Å². The third kappa shape index (κ3) is 1.59. The smallest absolute Gasteiger partial charge is 0.326 e. The van der Waals surface area contributed by atoms with E-state index in [2.05, 4.69) is 0 Å².